The molecule has 1 saturated heterocycles. The number of benzene rings is 1. The molecule has 3 unspecified atom stereocenters. The molecule has 2 rings (SSSR count). The highest BCUT2D eigenvalue weighted by atomic mass is 16.6. The molecule has 3 atom stereocenters. The van der Waals surface area contributed by atoms with E-state index in [0.29, 0.717) is 5.75 Å². The molecule has 0 aliphatic carbocycles. The summed E-state index contributed by atoms with van der Waals surface area (Å²) < 4.78 is 15.9. The van der Waals surface area contributed by atoms with Crippen LogP contribution >= 0.6 is 0 Å². The van der Waals surface area contributed by atoms with E-state index in [2.05, 4.69) is 30.3 Å². The number of likely N-dealkylation sites (tertiary alicyclic amines) is 1. The first-order chi connectivity index (χ1) is 16.5. The molecule has 1 amide bonds. The second-order valence-corrected chi connectivity index (χ2v) is 10.2. The number of nitrogens with zero attached hydrogens (tertiary/aromatic N) is 1. The summed E-state index contributed by atoms with van der Waals surface area (Å²) in [5.74, 6) is -1.21. The fraction of sp³-hybridized carbons (Fsp3) is 0.667. The van der Waals surface area contributed by atoms with Crippen molar-refractivity contribution in [1.82, 2.24) is 10.2 Å². The molecule has 1 aromatic carbocycles. The van der Waals surface area contributed by atoms with E-state index in [1.165, 1.54) is 13.3 Å². The van der Waals surface area contributed by atoms with Gasteiger partial charge in [-0.25, -0.2) is 14.4 Å². The average molecular weight is 491 g/mol. The zero-order chi connectivity index (χ0) is 26.2. The van der Waals surface area contributed by atoms with Gasteiger partial charge < -0.3 is 24.4 Å². The maximum Gasteiger partial charge on any atom is 0.413 e. The molecule has 35 heavy (non-hydrogen) atoms. The molecule has 0 radical (unpaired) electrons. The predicted molar refractivity (Wildman–Crippen MR) is 134 cm³/mol. The van der Waals surface area contributed by atoms with E-state index < -0.39 is 30.2 Å². The topological polar surface area (TPSA) is 94.2 Å². The third kappa shape index (κ3) is 8.23. The molecule has 1 aliphatic heterocycles. The normalized spacial score (nSPS) is 20.6. The molecule has 0 saturated carbocycles. The number of amides is 1. The number of hydrogen-bond acceptors (Lipinski definition) is 7. The van der Waals surface area contributed by atoms with Crippen LogP contribution in [0.3, 0.4) is 0 Å². The zero-order valence-electron chi connectivity index (χ0n) is 22.3. The van der Waals surface area contributed by atoms with Gasteiger partial charge in [0.15, 0.2) is 6.10 Å². The number of likely N-dealkylation sites (N-methyl/N-ethyl adjacent to an activating group) is 1. The summed E-state index contributed by atoms with van der Waals surface area (Å²) in [4.78, 5) is 39.7. The second kappa shape index (κ2) is 12.9. The number of hydrogen-bond donors (Lipinski definition) is 1. The Hall–Kier alpha value is -2.61. The average Bonchev–Trinajstić information content (AvgIpc) is 2.98. The number of carbonyl (C=O) groups excluding carboxylic acids is 3. The smallest absolute Gasteiger partial charge is 0.413 e. The van der Waals surface area contributed by atoms with Gasteiger partial charge in [-0.3, -0.25) is 0 Å². The summed E-state index contributed by atoms with van der Waals surface area (Å²) in [6.45, 7) is 12.7. The summed E-state index contributed by atoms with van der Waals surface area (Å²) in [6, 6.07) is 6.68. The van der Waals surface area contributed by atoms with E-state index >= 15 is 0 Å². The number of esters is 2. The van der Waals surface area contributed by atoms with E-state index in [1.807, 2.05) is 12.1 Å². The summed E-state index contributed by atoms with van der Waals surface area (Å²) in [5.41, 5.74) is 1.16. The largest absolute Gasteiger partial charge is 0.460 e. The number of carbonyl (C=O) groups is 3. The quantitative estimate of drug-likeness (QED) is 0.511. The van der Waals surface area contributed by atoms with Gasteiger partial charge >= 0.3 is 18.0 Å². The number of ether oxygens (including phenoxy) is 3. The van der Waals surface area contributed by atoms with E-state index in [1.54, 1.807) is 33.8 Å². The fourth-order valence-electron chi connectivity index (χ4n) is 4.52. The lowest BCUT2D eigenvalue weighted by Crippen LogP contribution is -2.47. The highest BCUT2D eigenvalue weighted by Crippen LogP contribution is 2.37. The molecule has 0 aromatic heterocycles. The molecule has 1 N–H and O–H groups in total. The lowest BCUT2D eigenvalue weighted by Gasteiger charge is -2.35. The van der Waals surface area contributed by atoms with Crippen LogP contribution in [0.25, 0.3) is 0 Å². The van der Waals surface area contributed by atoms with Gasteiger partial charge in [-0.05, 0) is 77.2 Å². The van der Waals surface area contributed by atoms with Crippen LogP contribution < -0.4 is 10.1 Å². The van der Waals surface area contributed by atoms with Crippen molar-refractivity contribution >= 4 is 18.0 Å². The first-order valence-corrected chi connectivity index (χ1v) is 12.7. The van der Waals surface area contributed by atoms with Crippen molar-refractivity contribution in [2.24, 2.45) is 5.92 Å². The standard InChI is InChI=1S/C27H42N2O6/c1-8-27(14-9-10-15-29(7)17-27)21-12-11-13-22(16-21)35-26(32)28-23(18(2)3)25(31)34-20(6)24(30)33-19(4)5/h11-13,16,18-20,23H,8-10,14-15,17H2,1-7H3,(H,28,32). The Morgan fingerprint density at radius 1 is 1.06 bits per heavy atom. The maximum atomic E-state index is 12.7. The van der Waals surface area contributed by atoms with Crippen molar-refractivity contribution in [3.8, 4) is 5.75 Å². The monoisotopic (exact) mass is 490 g/mol. The Labute approximate surface area is 209 Å². The van der Waals surface area contributed by atoms with Gasteiger partial charge in [0.2, 0.25) is 0 Å². The SMILES string of the molecule is CCC1(c2cccc(OC(=O)NC(C(=O)OC(C)C(=O)OC(C)C)C(C)C)c2)CCCCN(C)C1. The first kappa shape index (κ1) is 28.6. The molecule has 8 nitrogen and oxygen atoms in total. The highest BCUT2D eigenvalue weighted by molar-refractivity contribution is 5.85. The van der Waals surface area contributed by atoms with Gasteiger partial charge in [0.25, 0.3) is 0 Å². The van der Waals surface area contributed by atoms with Crippen molar-refractivity contribution in [2.75, 3.05) is 20.1 Å². The van der Waals surface area contributed by atoms with Crippen LogP contribution in [-0.4, -0.2) is 61.3 Å². The van der Waals surface area contributed by atoms with Gasteiger partial charge in [0, 0.05) is 12.0 Å². The molecule has 1 fully saturated rings. The van der Waals surface area contributed by atoms with Gasteiger partial charge in [-0.2, -0.15) is 0 Å². The van der Waals surface area contributed by atoms with Crippen molar-refractivity contribution in [2.45, 2.75) is 90.9 Å². The van der Waals surface area contributed by atoms with Crippen LogP contribution in [0.2, 0.25) is 0 Å². The lowest BCUT2D eigenvalue weighted by molar-refractivity contribution is -0.170. The van der Waals surface area contributed by atoms with Gasteiger partial charge in [-0.1, -0.05) is 39.3 Å². The molecule has 8 heteroatoms. The predicted octanol–water partition coefficient (Wildman–Crippen LogP) is 4.45. The van der Waals surface area contributed by atoms with Crippen LogP contribution in [0.5, 0.6) is 5.75 Å². The molecule has 0 bridgehead atoms. The van der Waals surface area contributed by atoms with Gasteiger partial charge in [0.05, 0.1) is 6.10 Å². The zero-order valence-corrected chi connectivity index (χ0v) is 22.3. The van der Waals surface area contributed by atoms with Crippen LogP contribution in [0.4, 0.5) is 4.79 Å². The third-order valence-electron chi connectivity index (χ3n) is 6.52. The Morgan fingerprint density at radius 2 is 1.77 bits per heavy atom. The minimum Gasteiger partial charge on any atom is -0.460 e. The number of nitrogens with one attached hydrogen (secondary N) is 1. The van der Waals surface area contributed by atoms with Crippen LogP contribution in [0.1, 0.15) is 72.8 Å². The molecular weight excluding hydrogens is 448 g/mol. The minimum absolute atomic E-state index is 0.00605. The van der Waals surface area contributed by atoms with Gasteiger partial charge in [-0.15, -0.1) is 0 Å². The van der Waals surface area contributed by atoms with E-state index in [4.69, 9.17) is 14.2 Å². The lowest BCUT2D eigenvalue weighted by atomic mass is 9.74. The Bertz CT molecular complexity index is 871. The van der Waals surface area contributed by atoms with E-state index in [0.717, 1.165) is 37.9 Å². The number of rotatable bonds is 9. The molecule has 0 spiro atoms. The van der Waals surface area contributed by atoms with E-state index in [9.17, 15) is 14.4 Å². The van der Waals surface area contributed by atoms with Crippen molar-refractivity contribution in [3.63, 3.8) is 0 Å². The van der Waals surface area contributed by atoms with Crippen molar-refractivity contribution in [1.29, 1.82) is 0 Å². The second-order valence-electron chi connectivity index (χ2n) is 10.2. The minimum atomic E-state index is -1.08. The van der Waals surface area contributed by atoms with E-state index in [-0.39, 0.29) is 17.4 Å². The summed E-state index contributed by atoms with van der Waals surface area (Å²) in [5, 5.41) is 2.59. The van der Waals surface area contributed by atoms with Crippen LogP contribution in [-0.2, 0) is 24.5 Å². The molecule has 1 heterocycles. The molecule has 1 aromatic rings. The van der Waals surface area contributed by atoms with Gasteiger partial charge in [0.1, 0.15) is 11.8 Å². The Balaban J connectivity index is 2.08. The van der Waals surface area contributed by atoms with Crippen molar-refractivity contribution < 1.29 is 28.6 Å². The van der Waals surface area contributed by atoms with Crippen molar-refractivity contribution in [3.05, 3.63) is 29.8 Å². The van der Waals surface area contributed by atoms with Crippen LogP contribution in [0.15, 0.2) is 24.3 Å². The molecule has 1 aliphatic rings. The third-order valence-corrected chi connectivity index (χ3v) is 6.52. The first-order valence-electron chi connectivity index (χ1n) is 12.7. The Kier molecular flexibility index (Phi) is 10.6. The summed E-state index contributed by atoms with van der Waals surface area (Å²) in [7, 11) is 2.15. The molecular formula is C27H42N2O6. The Morgan fingerprint density at radius 3 is 2.40 bits per heavy atom. The highest BCUT2D eigenvalue weighted by Gasteiger charge is 2.34. The molecule has 196 valence electrons. The summed E-state index contributed by atoms with van der Waals surface area (Å²) in [6.07, 6.45) is 2.26. The fourth-order valence-corrected chi connectivity index (χ4v) is 4.52. The maximum absolute atomic E-state index is 12.7. The summed E-state index contributed by atoms with van der Waals surface area (Å²) >= 11 is 0. The van der Waals surface area contributed by atoms with Crippen LogP contribution in [0, 0.1) is 5.92 Å².